The van der Waals surface area contributed by atoms with Crippen molar-refractivity contribution in [3.8, 4) is 11.3 Å². The fourth-order valence-electron chi connectivity index (χ4n) is 5.93. The summed E-state index contributed by atoms with van der Waals surface area (Å²) in [5.74, 6) is 0.178. The minimum absolute atomic E-state index is 0.134. The molecule has 0 spiro atoms. The van der Waals surface area contributed by atoms with E-state index in [-0.39, 0.29) is 23.4 Å². The molecule has 0 amide bonds. The molecule has 3 heterocycles. The minimum Gasteiger partial charge on any atom is -0.465 e. The van der Waals surface area contributed by atoms with Crippen molar-refractivity contribution in [1.29, 1.82) is 0 Å². The summed E-state index contributed by atoms with van der Waals surface area (Å²) in [5, 5.41) is 5.07. The van der Waals surface area contributed by atoms with Crippen LogP contribution < -0.4 is 0 Å². The summed E-state index contributed by atoms with van der Waals surface area (Å²) in [6.07, 6.45) is 9.11. The van der Waals surface area contributed by atoms with E-state index in [1.807, 2.05) is 30.3 Å². The molecular weight excluding hydrogens is 502 g/mol. The van der Waals surface area contributed by atoms with Gasteiger partial charge in [0.15, 0.2) is 15.7 Å². The molecule has 2 aromatic carbocycles. The number of benzene rings is 2. The molecule has 8 nitrogen and oxygen atoms in total. The molecule has 38 heavy (non-hydrogen) atoms. The van der Waals surface area contributed by atoms with E-state index >= 15 is 0 Å². The van der Waals surface area contributed by atoms with Gasteiger partial charge in [-0.25, -0.2) is 13.2 Å². The Hall–Kier alpha value is -3.72. The first-order chi connectivity index (χ1) is 18.3. The molecule has 1 fully saturated rings. The third kappa shape index (κ3) is 4.45. The molecule has 0 radical (unpaired) electrons. The van der Waals surface area contributed by atoms with E-state index in [4.69, 9.17) is 9.26 Å². The van der Waals surface area contributed by atoms with Crippen LogP contribution in [0.25, 0.3) is 33.8 Å². The third-order valence-corrected chi connectivity index (χ3v) is 8.33. The highest BCUT2D eigenvalue weighted by Gasteiger charge is 2.30. The first-order valence-corrected chi connectivity index (χ1v) is 14.9. The Labute approximate surface area is 221 Å². The Kier molecular flexibility index (Phi) is 6.18. The zero-order chi connectivity index (χ0) is 26.4. The smallest absolute Gasteiger partial charge is 0.337 e. The minimum atomic E-state index is -3.31. The molecule has 196 valence electrons. The molecule has 0 unspecified atom stereocenters. The Bertz CT molecular complexity index is 1690. The number of nitrogens with zero attached hydrogens (tertiary/aromatic N) is 3. The van der Waals surface area contributed by atoms with E-state index in [1.54, 1.807) is 0 Å². The lowest BCUT2D eigenvalue weighted by atomic mass is 9.81. The molecule has 0 saturated heterocycles. The number of allylic oxidation sites excluding steroid dienone is 1. The number of hydrogen-bond acceptors (Lipinski definition) is 7. The maximum atomic E-state index is 12.5. The number of hydrogen-bond donors (Lipinski definition) is 0. The van der Waals surface area contributed by atoms with Gasteiger partial charge in [0, 0.05) is 28.3 Å². The van der Waals surface area contributed by atoms with Crippen molar-refractivity contribution in [2.24, 2.45) is 0 Å². The Morgan fingerprint density at radius 2 is 1.92 bits per heavy atom. The van der Waals surface area contributed by atoms with Crippen molar-refractivity contribution in [3.05, 3.63) is 70.9 Å². The summed E-state index contributed by atoms with van der Waals surface area (Å²) >= 11 is 0. The number of esters is 1. The highest BCUT2D eigenvalue weighted by atomic mass is 32.2. The first-order valence-electron chi connectivity index (χ1n) is 12.9. The zero-order valence-corrected chi connectivity index (χ0v) is 22.3. The van der Waals surface area contributed by atoms with E-state index in [0.29, 0.717) is 18.0 Å². The van der Waals surface area contributed by atoms with Crippen molar-refractivity contribution in [3.63, 3.8) is 0 Å². The van der Waals surface area contributed by atoms with Gasteiger partial charge in [-0.05, 0) is 48.1 Å². The molecule has 9 heteroatoms. The van der Waals surface area contributed by atoms with Gasteiger partial charge in [-0.15, -0.1) is 0 Å². The third-order valence-electron chi connectivity index (χ3n) is 7.55. The lowest BCUT2D eigenvalue weighted by molar-refractivity contribution is 0.0601. The number of rotatable bonds is 5. The average Bonchev–Trinajstić information content (AvgIpc) is 3.44. The predicted molar refractivity (Wildman–Crippen MR) is 145 cm³/mol. The largest absolute Gasteiger partial charge is 0.465 e. The van der Waals surface area contributed by atoms with Crippen molar-refractivity contribution in [2.75, 3.05) is 13.4 Å². The predicted octanol–water partition coefficient (Wildman–Crippen LogP) is 5.62. The maximum Gasteiger partial charge on any atom is 0.337 e. The molecule has 1 aliphatic carbocycles. The first kappa shape index (κ1) is 24.6. The van der Waals surface area contributed by atoms with Crippen molar-refractivity contribution in [2.45, 2.75) is 50.3 Å². The van der Waals surface area contributed by atoms with Gasteiger partial charge in [0.25, 0.3) is 5.89 Å². The second-order valence-electron chi connectivity index (χ2n) is 10.2. The molecule has 1 saturated carbocycles. The fraction of sp³-hybridized carbons (Fsp3) is 0.345. The Balaban J connectivity index is 1.59. The van der Waals surface area contributed by atoms with Gasteiger partial charge < -0.3 is 13.8 Å². The van der Waals surface area contributed by atoms with Gasteiger partial charge in [-0.2, -0.15) is 4.98 Å². The lowest BCUT2D eigenvalue weighted by Crippen LogP contribution is -2.07. The van der Waals surface area contributed by atoms with E-state index < -0.39 is 9.84 Å². The van der Waals surface area contributed by atoms with Crippen LogP contribution in [0.3, 0.4) is 0 Å². The standard InChI is InChI=1S/C29H29N3O5S/c1-36-29(33)20-12-13-23-24(15-20)32-16-21(28-30-25(31-37-28)17-38(2,34)35)14-19-10-6-7-11-22(19)27(32)26(23)18-8-4-3-5-9-18/h6-7,10-15,18H,3-5,8-9,16-17H2,1-2H3. The lowest BCUT2D eigenvalue weighted by Gasteiger charge is -2.24. The quantitative estimate of drug-likeness (QED) is 0.308. The van der Waals surface area contributed by atoms with Crippen LogP contribution in [0.4, 0.5) is 0 Å². The van der Waals surface area contributed by atoms with Gasteiger partial charge >= 0.3 is 5.97 Å². The number of methoxy groups -OCH3 is 1. The summed E-state index contributed by atoms with van der Waals surface area (Å²) in [5.41, 5.74) is 6.81. The number of fused-ring (bicyclic) bond motifs is 5. The summed E-state index contributed by atoms with van der Waals surface area (Å²) < 4.78 is 36.4. The second-order valence-corrected chi connectivity index (χ2v) is 12.4. The van der Waals surface area contributed by atoms with Crippen molar-refractivity contribution in [1.82, 2.24) is 14.7 Å². The average molecular weight is 532 g/mol. The normalized spacial score (nSPS) is 16.0. The van der Waals surface area contributed by atoms with Gasteiger partial charge in [0.05, 0.1) is 24.9 Å². The van der Waals surface area contributed by atoms with Crippen LogP contribution in [0, 0.1) is 0 Å². The number of sulfone groups is 1. The van der Waals surface area contributed by atoms with Gasteiger partial charge in [-0.1, -0.05) is 54.8 Å². The monoisotopic (exact) mass is 531 g/mol. The van der Waals surface area contributed by atoms with Crippen LogP contribution >= 0.6 is 0 Å². The second kappa shape index (κ2) is 9.54. The molecule has 0 N–H and O–H groups in total. The fourth-order valence-corrected chi connectivity index (χ4v) is 6.52. The van der Waals surface area contributed by atoms with Crippen molar-refractivity contribution < 1.29 is 22.5 Å². The molecule has 1 aliphatic heterocycles. The van der Waals surface area contributed by atoms with Gasteiger partial charge in [-0.3, -0.25) is 0 Å². The van der Waals surface area contributed by atoms with E-state index in [0.717, 1.165) is 52.4 Å². The molecule has 2 aliphatic rings. The molecular formula is C29H29N3O5S. The summed E-state index contributed by atoms with van der Waals surface area (Å²) in [4.78, 5) is 16.9. The SMILES string of the molecule is COC(=O)c1ccc2c(C3CCCCC3)c3n(c2c1)CC(c1nc(CS(C)(=O)=O)no1)=Cc1ccccc1-3. The van der Waals surface area contributed by atoms with E-state index in [1.165, 1.54) is 31.9 Å². The van der Waals surface area contributed by atoms with Gasteiger partial charge in [0.1, 0.15) is 5.75 Å². The van der Waals surface area contributed by atoms with Crippen molar-refractivity contribution >= 4 is 38.4 Å². The van der Waals surface area contributed by atoms with Gasteiger partial charge in [0.2, 0.25) is 0 Å². The topological polar surface area (TPSA) is 104 Å². The Morgan fingerprint density at radius 3 is 2.68 bits per heavy atom. The highest BCUT2D eigenvalue weighted by molar-refractivity contribution is 7.89. The van der Waals surface area contributed by atoms with Crippen LogP contribution in [-0.4, -0.2) is 42.5 Å². The summed E-state index contributed by atoms with van der Waals surface area (Å²) in [6.45, 7) is 0.429. The van der Waals surface area contributed by atoms with Crippen LogP contribution in [-0.2, 0) is 26.9 Å². The maximum absolute atomic E-state index is 12.5. The molecule has 2 aromatic heterocycles. The number of aromatic nitrogens is 3. The number of carbonyl (C=O) groups is 1. The van der Waals surface area contributed by atoms with Crippen LogP contribution in [0.2, 0.25) is 0 Å². The van der Waals surface area contributed by atoms with E-state index in [9.17, 15) is 13.2 Å². The summed E-state index contributed by atoms with van der Waals surface area (Å²) in [7, 11) is -1.92. The number of carbonyl (C=O) groups excluding carboxylic acids is 1. The zero-order valence-electron chi connectivity index (χ0n) is 21.4. The molecule has 0 bridgehead atoms. The van der Waals surface area contributed by atoms with Crippen LogP contribution in [0.1, 0.15) is 71.2 Å². The molecule has 4 aromatic rings. The highest BCUT2D eigenvalue weighted by Crippen LogP contribution is 2.47. The number of ether oxygens (including phenoxy) is 1. The van der Waals surface area contributed by atoms with Crippen LogP contribution in [0.15, 0.2) is 47.0 Å². The summed E-state index contributed by atoms with van der Waals surface area (Å²) in [6, 6.07) is 14.1. The van der Waals surface area contributed by atoms with E-state index in [2.05, 4.69) is 32.9 Å². The molecule has 0 atom stereocenters. The Morgan fingerprint density at radius 1 is 1.13 bits per heavy atom. The molecule has 6 rings (SSSR count). The van der Waals surface area contributed by atoms with Crippen LogP contribution in [0.5, 0.6) is 0 Å².